The van der Waals surface area contributed by atoms with Gasteiger partial charge >= 0.3 is 0 Å². The monoisotopic (exact) mass is 310 g/mol. The Morgan fingerprint density at radius 3 is 2.77 bits per heavy atom. The van der Waals surface area contributed by atoms with Crippen LogP contribution in [0.4, 0.5) is 0 Å². The third-order valence-electron chi connectivity index (χ3n) is 3.65. The maximum atomic E-state index is 12.8. The van der Waals surface area contributed by atoms with E-state index in [-0.39, 0.29) is 5.56 Å². The summed E-state index contributed by atoms with van der Waals surface area (Å²) in [7, 11) is 0. The summed E-state index contributed by atoms with van der Waals surface area (Å²) in [5.74, 6) is 0. The van der Waals surface area contributed by atoms with Crippen LogP contribution in [0.1, 0.15) is 5.56 Å². The number of fused-ring (bicyclic) bond motifs is 3. The average Bonchev–Trinajstić information content (AvgIpc) is 3.02. The van der Waals surface area contributed by atoms with Crippen molar-refractivity contribution >= 4 is 28.2 Å². The van der Waals surface area contributed by atoms with Crippen LogP contribution in [0.25, 0.3) is 16.6 Å². The Morgan fingerprint density at radius 1 is 1.05 bits per heavy atom. The van der Waals surface area contributed by atoms with Crippen molar-refractivity contribution in [2.75, 3.05) is 0 Å². The molecule has 0 spiro atoms. The molecule has 3 aromatic heterocycles. The molecule has 108 valence electrons. The second kappa shape index (κ2) is 4.96. The Morgan fingerprint density at radius 2 is 1.95 bits per heavy atom. The second-order valence-electron chi connectivity index (χ2n) is 5.03. The molecule has 6 heteroatoms. The minimum atomic E-state index is -0.101. The molecule has 0 unspecified atom stereocenters. The largest absolute Gasteiger partial charge is 0.300 e. The van der Waals surface area contributed by atoms with E-state index in [4.69, 9.17) is 11.6 Å². The Balaban J connectivity index is 2.07. The van der Waals surface area contributed by atoms with Crippen LogP contribution < -0.4 is 5.56 Å². The van der Waals surface area contributed by atoms with Gasteiger partial charge in [0.1, 0.15) is 5.52 Å². The Hall–Kier alpha value is -2.66. The van der Waals surface area contributed by atoms with Crippen molar-refractivity contribution in [3.63, 3.8) is 0 Å². The number of halogens is 1. The zero-order chi connectivity index (χ0) is 15.1. The van der Waals surface area contributed by atoms with Crippen molar-refractivity contribution in [1.29, 1.82) is 0 Å². The molecule has 0 aliphatic rings. The van der Waals surface area contributed by atoms with Crippen molar-refractivity contribution in [1.82, 2.24) is 18.9 Å². The Kier molecular flexibility index (Phi) is 2.94. The Labute approximate surface area is 130 Å². The third kappa shape index (κ3) is 1.98. The average molecular weight is 311 g/mol. The molecule has 0 N–H and O–H groups in total. The predicted molar refractivity (Wildman–Crippen MR) is 85.3 cm³/mol. The molecular formula is C16H11ClN4O. The zero-order valence-electron chi connectivity index (χ0n) is 11.5. The fourth-order valence-corrected chi connectivity index (χ4v) is 2.81. The lowest BCUT2D eigenvalue weighted by Crippen LogP contribution is -2.23. The van der Waals surface area contributed by atoms with E-state index in [0.717, 1.165) is 16.6 Å². The van der Waals surface area contributed by atoms with Crippen molar-refractivity contribution in [2.24, 2.45) is 0 Å². The fourth-order valence-electron chi connectivity index (χ4n) is 2.64. The van der Waals surface area contributed by atoms with E-state index < -0.39 is 0 Å². The minimum Gasteiger partial charge on any atom is -0.300 e. The summed E-state index contributed by atoms with van der Waals surface area (Å²) in [6, 6.07) is 9.30. The van der Waals surface area contributed by atoms with Crippen LogP contribution >= 0.6 is 11.6 Å². The van der Waals surface area contributed by atoms with Crippen molar-refractivity contribution in [2.45, 2.75) is 6.54 Å². The standard InChI is InChI=1S/C16H11ClN4O/c17-12-3-4-13-14(6-12)20(9-11-2-1-5-18-7-11)16(22)15-8-19-10-21(13)15/h1-8,10H,9H2. The van der Waals surface area contributed by atoms with Crippen LogP contribution in [-0.4, -0.2) is 18.9 Å². The molecule has 0 aliphatic carbocycles. The normalized spacial score (nSPS) is 11.3. The van der Waals surface area contributed by atoms with Gasteiger partial charge in [-0.1, -0.05) is 17.7 Å². The quantitative estimate of drug-likeness (QED) is 0.572. The molecule has 0 atom stereocenters. The molecule has 1 aromatic carbocycles. The highest BCUT2D eigenvalue weighted by molar-refractivity contribution is 6.31. The lowest BCUT2D eigenvalue weighted by molar-refractivity contribution is 0.789. The molecular weight excluding hydrogens is 300 g/mol. The fraction of sp³-hybridized carbons (Fsp3) is 0.0625. The molecule has 0 saturated carbocycles. The topological polar surface area (TPSA) is 52.2 Å². The molecule has 0 radical (unpaired) electrons. The second-order valence-corrected chi connectivity index (χ2v) is 5.47. The zero-order valence-corrected chi connectivity index (χ0v) is 12.2. The van der Waals surface area contributed by atoms with E-state index in [1.54, 1.807) is 40.0 Å². The molecule has 0 saturated heterocycles. The lowest BCUT2D eigenvalue weighted by atomic mass is 10.2. The van der Waals surface area contributed by atoms with Gasteiger partial charge in [-0.15, -0.1) is 0 Å². The van der Waals surface area contributed by atoms with Gasteiger partial charge < -0.3 is 4.57 Å². The molecule has 5 nitrogen and oxygen atoms in total. The van der Waals surface area contributed by atoms with Crippen molar-refractivity contribution in [3.05, 3.63) is 76.2 Å². The molecule has 22 heavy (non-hydrogen) atoms. The lowest BCUT2D eigenvalue weighted by Gasteiger charge is -2.12. The van der Waals surface area contributed by atoms with E-state index in [1.165, 1.54) is 0 Å². The van der Waals surface area contributed by atoms with Crippen LogP contribution in [0, 0.1) is 0 Å². The summed E-state index contributed by atoms with van der Waals surface area (Å²) in [5.41, 5.74) is 3.05. The van der Waals surface area contributed by atoms with Crippen LogP contribution in [0.3, 0.4) is 0 Å². The first-order chi connectivity index (χ1) is 10.7. The van der Waals surface area contributed by atoms with Gasteiger partial charge in [-0.25, -0.2) is 4.98 Å². The summed E-state index contributed by atoms with van der Waals surface area (Å²) in [4.78, 5) is 20.9. The Bertz CT molecular complexity index is 1040. The van der Waals surface area contributed by atoms with Crippen molar-refractivity contribution < 1.29 is 0 Å². The van der Waals surface area contributed by atoms with Gasteiger partial charge in [0.15, 0.2) is 0 Å². The number of hydrogen-bond donors (Lipinski definition) is 0. The van der Waals surface area contributed by atoms with Gasteiger partial charge in [0.2, 0.25) is 0 Å². The first-order valence-corrected chi connectivity index (χ1v) is 7.15. The molecule has 4 rings (SSSR count). The van der Waals surface area contributed by atoms with Gasteiger partial charge in [-0.2, -0.15) is 0 Å². The summed E-state index contributed by atoms with van der Waals surface area (Å²) in [6.45, 7) is 0.436. The number of imidazole rings is 1. The minimum absolute atomic E-state index is 0.101. The number of benzene rings is 1. The van der Waals surface area contributed by atoms with Crippen molar-refractivity contribution in [3.8, 4) is 0 Å². The van der Waals surface area contributed by atoms with Crippen LogP contribution in [-0.2, 0) is 6.54 Å². The molecule has 0 aliphatic heterocycles. The third-order valence-corrected chi connectivity index (χ3v) is 3.89. The number of nitrogens with zero attached hydrogens (tertiary/aromatic N) is 4. The predicted octanol–water partition coefficient (Wildman–Crippen LogP) is 2.75. The highest BCUT2D eigenvalue weighted by atomic mass is 35.5. The van der Waals surface area contributed by atoms with E-state index in [2.05, 4.69) is 9.97 Å². The van der Waals surface area contributed by atoms with Gasteiger partial charge in [-0.3, -0.25) is 14.2 Å². The molecule has 3 heterocycles. The van der Waals surface area contributed by atoms with Crippen LogP contribution in [0.2, 0.25) is 5.02 Å². The SMILES string of the molecule is O=c1c2cncn2c2ccc(Cl)cc2n1Cc1cccnc1. The molecule has 0 bridgehead atoms. The summed E-state index contributed by atoms with van der Waals surface area (Å²) < 4.78 is 3.49. The highest BCUT2D eigenvalue weighted by Gasteiger charge is 2.12. The maximum absolute atomic E-state index is 12.8. The number of pyridine rings is 1. The maximum Gasteiger partial charge on any atom is 0.277 e. The first-order valence-electron chi connectivity index (χ1n) is 6.77. The summed E-state index contributed by atoms with van der Waals surface area (Å²) >= 11 is 6.12. The van der Waals surface area contributed by atoms with E-state index >= 15 is 0 Å². The van der Waals surface area contributed by atoms with Gasteiger partial charge in [0.25, 0.3) is 5.56 Å². The van der Waals surface area contributed by atoms with Gasteiger partial charge in [0, 0.05) is 17.4 Å². The molecule has 0 fully saturated rings. The summed E-state index contributed by atoms with van der Waals surface area (Å²) in [6.07, 6.45) is 6.68. The number of hydrogen-bond acceptors (Lipinski definition) is 3. The molecule has 0 amide bonds. The number of aromatic nitrogens is 4. The van der Waals surface area contributed by atoms with Gasteiger partial charge in [0.05, 0.1) is 30.1 Å². The molecule has 4 aromatic rings. The number of rotatable bonds is 2. The van der Waals surface area contributed by atoms with E-state index in [0.29, 0.717) is 17.1 Å². The van der Waals surface area contributed by atoms with E-state index in [1.807, 2.05) is 24.3 Å². The first kappa shape index (κ1) is 13.0. The summed E-state index contributed by atoms with van der Waals surface area (Å²) in [5, 5.41) is 0.589. The van der Waals surface area contributed by atoms with Crippen LogP contribution in [0.5, 0.6) is 0 Å². The van der Waals surface area contributed by atoms with E-state index in [9.17, 15) is 4.79 Å². The smallest absolute Gasteiger partial charge is 0.277 e. The van der Waals surface area contributed by atoms with Gasteiger partial charge in [-0.05, 0) is 29.8 Å². The van der Waals surface area contributed by atoms with Crippen LogP contribution in [0.15, 0.2) is 60.0 Å². The highest BCUT2D eigenvalue weighted by Crippen LogP contribution is 2.20.